The highest BCUT2D eigenvalue weighted by atomic mass is 16.5. The lowest BCUT2D eigenvalue weighted by Crippen LogP contribution is -2.45. The molecule has 0 spiro atoms. The van der Waals surface area contributed by atoms with E-state index in [0.29, 0.717) is 19.4 Å². The Morgan fingerprint density at radius 2 is 0.630 bits per heavy atom. The van der Waals surface area contributed by atoms with Crippen LogP contribution in [0.2, 0.25) is 0 Å². The summed E-state index contributed by atoms with van der Waals surface area (Å²) < 4.78 is 5.50. The van der Waals surface area contributed by atoms with Crippen molar-refractivity contribution in [3.05, 3.63) is 12.2 Å². The van der Waals surface area contributed by atoms with Gasteiger partial charge in [0.2, 0.25) is 5.91 Å². The number of hydrogen-bond acceptors (Lipinski definition) is 5. The molecule has 0 heterocycles. The molecule has 0 aliphatic heterocycles. The molecular formula is C67H131NO5. The standard InChI is InChI=1S/C67H131NO5/c1-3-5-7-9-11-13-15-17-19-21-22-23-24-25-28-31-35-39-43-47-51-55-59-65(70)64(63-69)68-66(71)60-56-52-48-44-40-36-32-29-26-27-30-34-38-42-46-50-54-58-62-73-67(72)61-57-53-49-45-41-37-33-20-18-16-14-12-10-8-6-4-2/h55,59,64-65,69-70H,3-54,56-58,60-63H2,1-2H3,(H,68,71)/b59-55+. The number of ether oxygens (including phenoxy) is 1. The minimum atomic E-state index is -0.848. The number of unbranched alkanes of at least 4 members (excludes halogenated alkanes) is 52. The first-order valence-corrected chi connectivity index (χ1v) is 33.5. The van der Waals surface area contributed by atoms with Gasteiger partial charge in [0.15, 0.2) is 0 Å². The van der Waals surface area contributed by atoms with Crippen LogP contribution in [0.5, 0.6) is 0 Å². The van der Waals surface area contributed by atoms with Crippen molar-refractivity contribution < 1.29 is 24.5 Å². The largest absolute Gasteiger partial charge is 0.466 e. The van der Waals surface area contributed by atoms with Crippen LogP contribution in [0.15, 0.2) is 12.2 Å². The molecule has 0 saturated heterocycles. The third-order valence-electron chi connectivity index (χ3n) is 15.8. The summed E-state index contributed by atoms with van der Waals surface area (Å²) in [4.78, 5) is 24.6. The highest BCUT2D eigenvalue weighted by Crippen LogP contribution is 2.19. The Hall–Kier alpha value is -1.40. The van der Waals surface area contributed by atoms with Crippen LogP contribution < -0.4 is 5.32 Å². The van der Waals surface area contributed by atoms with E-state index in [1.54, 1.807) is 6.08 Å². The van der Waals surface area contributed by atoms with Gasteiger partial charge < -0.3 is 20.3 Å². The fraction of sp³-hybridized carbons (Fsp3) is 0.940. The van der Waals surface area contributed by atoms with Crippen LogP contribution >= 0.6 is 0 Å². The fourth-order valence-corrected chi connectivity index (χ4v) is 10.7. The molecule has 0 aromatic heterocycles. The highest BCUT2D eigenvalue weighted by molar-refractivity contribution is 5.76. The van der Waals surface area contributed by atoms with Crippen molar-refractivity contribution in [3.63, 3.8) is 0 Å². The molecule has 0 radical (unpaired) electrons. The summed E-state index contributed by atoms with van der Waals surface area (Å²) in [6.07, 6.45) is 76.9. The van der Waals surface area contributed by atoms with Gasteiger partial charge in [0.1, 0.15) is 0 Å². The van der Waals surface area contributed by atoms with Gasteiger partial charge in [0.05, 0.1) is 25.4 Å². The average molecular weight is 1030 g/mol. The lowest BCUT2D eigenvalue weighted by atomic mass is 10.0. The second-order valence-electron chi connectivity index (χ2n) is 23.2. The molecule has 2 atom stereocenters. The van der Waals surface area contributed by atoms with E-state index in [9.17, 15) is 19.8 Å². The molecule has 0 aromatic rings. The van der Waals surface area contributed by atoms with Crippen molar-refractivity contribution in [2.24, 2.45) is 0 Å². The quantitative estimate of drug-likeness (QED) is 0.0320. The van der Waals surface area contributed by atoms with Gasteiger partial charge in [-0.3, -0.25) is 9.59 Å². The maximum absolute atomic E-state index is 12.5. The van der Waals surface area contributed by atoms with Gasteiger partial charge in [0.25, 0.3) is 0 Å². The number of carbonyl (C=O) groups excluding carboxylic acids is 2. The van der Waals surface area contributed by atoms with Crippen molar-refractivity contribution in [2.75, 3.05) is 13.2 Å². The third-order valence-corrected chi connectivity index (χ3v) is 15.8. The zero-order valence-corrected chi connectivity index (χ0v) is 49.6. The number of aliphatic hydroxyl groups excluding tert-OH is 2. The Bertz CT molecular complexity index is 1100. The number of allylic oxidation sites excluding steroid dienone is 1. The highest BCUT2D eigenvalue weighted by Gasteiger charge is 2.18. The smallest absolute Gasteiger partial charge is 0.305 e. The van der Waals surface area contributed by atoms with E-state index >= 15 is 0 Å². The van der Waals surface area contributed by atoms with E-state index in [0.717, 1.165) is 38.5 Å². The Balaban J connectivity index is 3.42. The minimum Gasteiger partial charge on any atom is -0.466 e. The zero-order valence-electron chi connectivity index (χ0n) is 49.6. The Morgan fingerprint density at radius 3 is 0.932 bits per heavy atom. The summed E-state index contributed by atoms with van der Waals surface area (Å²) in [5.74, 6) is -0.0563. The van der Waals surface area contributed by atoms with Crippen molar-refractivity contribution >= 4 is 11.9 Å². The van der Waals surface area contributed by atoms with Crippen LogP contribution in [0, 0.1) is 0 Å². The predicted octanol–water partition coefficient (Wildman–Crippen LogP) is 21.2. The predicted molar refractivity (Wildman–Crippen MR) is 320 cm³/mol. The van der Waals surface area contributed by atoms with E-state index < -0.39 is 12.1 Å². The molecule has 2 unspecified atom stereocenters. The summed E-state index contributed by atoms with van der Waals surface area (Å²) in [7, 11) is 0. The first-order valence-electron chi connectivity index (χ1n) is 33.5. The van der Waals surface area contributed by atoms with Gasteiger partial charge in [-0.05, 0) is 32.1 Å². The number of nitrogens with one attached hydrogen (secondary N) is 1. The number of hydrogen-bond donors (Lipinski definition) is 3. The van der Waals surface area contributed by atoms with E-state index in [4.69, 9.17) is 4.74 Å². The second kappa shape index (κ2) is 63.1. The SMILES string of the molecule is CCCCCCCCCCCCCCCCCCCCCC/C=C/C(O)C(CO)NC(=O)CCCCCCCCCCCCCCCCCCCCOC(=O)CCCCCCCCCCCCCCCCCC. The van der Waals surface area contributed by atoms with Crippen molar-refractivity contribution in [1.82, 2.24) is 5.32 Å². The Labute approximate surface area is 457 Å². The third kappa shape index (κ3) is 59.7. The normalized spacial score (nSPS) is 12.5. The second-order valence-corrected chi connectivity index (χ2v) is 23.2. The first-order chi connectivity index (χ1) is 36.0. The van der Waals surface area contributed by atoms with Crippen LogP contribution in [0.1, 0.15) is 380 Å². The summed E-state index contributed by atoms with van der Waals surface area (Å²) in [6, 6.07) is -0.631. The first kappa shape index (κ1) is 71.6. The molecule has 434 valence electrons. The van der Waals surface area contributed by atoms with Crippen LogP contribution in [0.25, 0.3) is 0 Å². The van der Waals surface area contributed by atoms with Gasteiger partial charge in [-0.1, -0.05) is 347 Å². The average Bonchev–Trinajstić information content (AvgIpc) is 3.39. The van der Waals surface area contributed by atoms with Gasteiger partial charge >= 0.3 is 5.97 Å². The molecule has 0 aliphatic carbocycles. The summed E-state index contributed by atoms with van der Waals surface area (Å²) in [5, 5.41) is 23.2. The van der Waals surface area contributed by atoms with E-state index in [-0.39, 0.29) is 18.5 Å². The molecule has 0 bridgehead atoms. The summed E-state index contributed by atoms with van der Waals surface area (Å²) >= 11 is 0. The molecule has 0 rings (SSSR count). The van der Waals surface area contributed by atoms with Crippen molar-refractivity contribution in [3.8, 4) is 0 Å². The molecule has 73 heavy (non-hydrogen) atoms. The van der Waals surface area contributed by atoms with Crippen LogP contribution in [0.3, 0.4) is 0 Å². The maximum Gasteiger partial charge on any atom is 0.305 e. The number of esters is 1. The van der Waals surface area contributed by atoms with Crippen LogP contribution in [-0.4, -0.2) is 47.4 Å². The molecule has 0 fully saturated rings. The van der Waals surface area contributed by atoms with Crippen LogP contribution in [-0.2, 0) is 14.3 Å². The minimum absolute atomic E-state index is 0.0111. The lowest BCUT2D eigenvalue weighted by Gasteiger charge is -2.20. The lowest BCUT2D eigenvalue weighted by molar-refractivity contribution is -0.143. The van der Waals surface area contributed by atoms with Crippen molar-refractivity contribution in [1.29, 1.82) is 0 Å². The molecular weight excluding hydrogens is 899 g/mol. The number of amides is 1. The number of aliphatic hydroxyl groups is 2. The van der Waals surface area contributed by atoms with E-state index in [1.807, 2.05) is 6.08 Å². The number of rotatable bonds is 63. The van der Waals surface area contributed by atoms with Crippen LogP contribution in [0.4, 0.5) is 0 Å². The molecule has 0 aliphatic rings. The van der Waals surface area contributed by atoms with Gasteiger partial charge in [0, 0.05) is 12.8 Å². The van der Waals surface area contributed by atoms with Gasteiger partial charge in [-0.15, -0.1) is 0 Å². The Morgan fingerprint density at radius 1 is 0.370 bits per heavy atom. The molecule has 6 nitrogen and oxygen atoms in total. The summed E-state index contributed by atoms with van der Waals surface area (Å²) in [6.45, 7) is 4.94. The van der Waals surface area contributed by atoms with E-state index in [2.05, 4.69) is 19.2 Å². The molecule has 6 heteroatoms. The Kier molecular flexibility index (Phi) is 61.9. The number of carbonyl (C=O) groups is 2. The van der Waals surface area contributed by atoms with Gasteiger partial charge in [-0.2, -0.15) is 0 Å². The zero-order chi connectivity index (χ0) is 52.9. The fourth-order valence-electron chi connectivity index (χ4n) is 10.7. The molecule has 1 amide bonds. The monoisotopic (exact) mass is 1030 g/mol. The van der Waals surface area contributed by atoms with E-state index in [1.165, 1.54) is 315 Å². The topological polar surface area (TPSA) is 95.9 Å². The van der Waals surface area contributed by atoms with Crippen molar-refractivity contribution in [2.45, 2.75) is 392 Å². The molecule has 0 saturated carbocycles. The maximum atomic E-state index is 12.5. The van der Waals surface area contributed by atoms with Gasteiger partial charge in [-0.25, -0.2) is 0 Å². The molecule has 3 N–H and O–H groups in total. The summed E-state index contributed by atoms with van der Waals surface area (Å²) in [5.41, 5.74) is 0. The molecule has 0 aromatic carbocycles.